The number of aryl methyl sites for hydroxylation is 1. The number of rotatable bonds is 5. The summed E-state index contributed by atoms with van der Waals surface area (Å²) >= 11 is 0. The molecule has 1 fully saturated rings. The minimum Gasteiger partial charge on any atom is -0.354 e. The fourth-order valence-corrected chi connectivity index (χ4v) is 2.73. The third-order valence-corrected chi connectivity index (χ3v) is 3.95. The van der Waals surface area contributed by atoms with E-state index in [4.69, 9.17) is 0 Å². The van der Waals surface area contributed by atoms with Gasteiger partial charge in [0, 0.05) is 13.1 Å². The lowest BCUT2D eigenvalue weighted by atomic mass is 10.1. The first kappa shape index (κ1) is 16.2. The van der Waals surface area contributed by atoms with Crippen molar-refractivity contribution in [3.05, 3.63) is 47.8 Å². The largest absolute Gasteiger partial charge is 0.354 e. The fourth-order valence-electron chi connectivity index (χ4n) is 2.73. The van der Waals surface area contributed by atoms with E-state index in [9.17, 15) is 14.0 Å². The highest BCUT2D eigenvalue weighted by molar-refractivity contribution is 5.93. The SMILES string of the molecule is C=CC(=O)N1CCCC1C(=O)NCCc1ccc(F)c(C)c1. The predicted molar refractivity (Wildman–Crippen MR) is 82.8 cm³/mol. The van der Waals surface area contributed by atoms with Crippen molar-refractivity contribution in [2.24, 2.45) is 0 Å². The van der Waals surface area contributed by atoms with Crippen molar-refractivity contribution < 1.29 is 14.0 Å². The highest BCUT2D eigenvalue weighted by Crippen LogP contribution is 2.17. The monoisotopic (exact) mass is 304 g/mol. The van der Waals surface area contributed by atoms with Gasteiger partial charge in [-0.1, -0.05) is 18.7 Å². The Kier molecular flexibility index (Phi) is 5.31. The van der Waals surface area contributed by atoms with Crippen LogP contribution in [0, 0.1) is 12.7 Å². The molecule has 1 atom stereocenters. The van der Waals surface area contributed by atoms with Gasteiger partial charge in [-0.3, -0.25) is 9.59 Å². The van der Waals surface area contributed by atoms with Gasteiger partial charge in [0.05, 0.1) is 0 Å². The molecule has 4 nitrogen and oxygen atoms in total. The second-order valence-electron chi connectivity index (χ2n) is 5.52. The molecular formula is C17H21FN2O2. The van der Waals surface area contributed by atoms with E-state index >= 15 is 0 Å². The maximum absolute atomic E-state index is 13.2. The van der Waals surface area contributed by atoms with Crippen molar-refractivity contribution in [3.8, 4) is 0 Å². The van der Waals surface area contributed by atoms with Crippen LogP contribution in [-0.4, -0.2) is 35.8 Å². The van der Waals surface area contributed by atoms with E-state index in [1.165, 1.54) is 12.1 Å². The lowest BCUT2D eigenvalue weighted by Crippen LogP contribution is -2.45. The van der Waals surface area contributed by atoms with Crippen LogP contribution < -0.4 is 5.32 Å². The number of nitrogens with one attached hydrogen (secondary N) is 1. The number of carbonyl (C=O) groups is 2. The average molecular weight is 304 g/mol. The zero-order chi connectivity index (χ0) is 16.1. The van der Waals surface area contributed by atoms with Gasteiger partial charge in [0.15, 0.2) is 0 Å². The third kappa shape index (κ3) is 3.72. The molecule has 0 radical (unpaired) electrons. The molecule has 2 amide bonds. The van der Waals surface area contributed by atoms with Crippen LogP contribution in [0.5, 0.6) is 0 Å². The van der Waals surface area contributed by atoms with Gasteiger partial charge in [0.1, 0.15) is 11.9 Å². The first-order valence-corrected chi connectivity index (χ1v) is 7.48. The minimum absolute atomic E-state index is 0.133. The molecule has 1 saturated heterocycles. The second kappa shape index (κ2) is 7.20. The minimum atomic E-state index is -0.402. The molecule has 1 heterocycles. The van der Waals surface area contributed by atoms with Crippen LogP contribution in [-0.2, 0) is 16.0 Å². The van der Waals surface area contributed by atoms with E-state index in [2.05, 4.69) is 11.9 Å². The summed E-state index contributed by atoms with van der Waals surface area (Å²) in [5.41, 5.74) is 1.58. The molecule has 1 unspecified atom stereocenters. The number of amides is 2. The maximum Gasteiger partial charge on any atom is 0.246 e. The summed E-state index contributed by atoms with van der Waals surface area (Å²) in [6.07, 6.45) is 3.39. The molecule has 0 bridgehead atoms. The van der Waals surface area contributed by atoms with Crippen LogP contribution >= 0.6 is 0 Å². The van der Waals surface area contributed by atoms with Crippen LogP contribution in [0.3, 0.4) is 0 Å². The number of carbonyl (C=O) groups excluding carboxylic acids is 2. The van der Waals surface area contributed by atoms with Gasteiger partial charge in [-0.2, -0.15) is 0 Å². The van der Waals surface area contributed by atoms with Gasteiger partial charge < -0.3 is 10.2 Å². The smallest absolute Gasteiger partial charge is 0.246 e. The van der Waals surface area contributed by atoms with Crippen molar-refractivity contribution in [3.63, 3.8) is 0 Å². The summed E-state index contributed by atoms with van der Waals surface area (Å²) in [4.78, 5) is 25.4. The standard InChI is InChI=1S/C17H21FN2O2/c1-3-16(21)20-10-4-5-15(20)17(22)19-9-8-13-6-7-14(18)12(2)11-13/h3,6-7,11,15H,1,4-5,8-10H2,2H3,(H,19,22). The van der Waals surface area contributed by atoms with Crippen molar-refractivity contribution in [2.45, 2.75) is 32.2 Å². The first-order valence-electron chi connectivity index (χ1n) is 7.48. The summed E-state index contributed by atoms with van der Waals surface area (Å²) in [6.45, 7) is 6.25. The quantitative estimate of drug-likeness (QED) is 0.846. The summed E-state index contributed by atoms with van der Waals surface area (Å²) in [5, 5.41) is 2.86. The molecule has 0 saturated carbocycles. The predicted octanol–water partition coefficient (Wildman–Crippen LogP) is 1.97. The third-order valence-electron chi connectivity index (χ3n) is 3.95. The fraction of sp³-hybridized carbons (Fsp3) is 0.412. The normalized spacial score (nSPS) is 17.4. The van der Waals surface area contributed by atoms with Crippen molar-refractivity contribution in [1.82, 2.24) is 10.2 Å². The maximum atomic E-state index is 13.2. The summed E-state index contributed by atoms with van der Waals surface area (Å²) in [6, 6.07) is 4.54. The molecule has 1 N–H and O–H groups in total. The van der Waals surface area contributed by atoms with Crippen molar-refractivity contribution in [2.75, 3.05) is 13.1 Å². The van der Waals surface area contributed by atoms with Crippen LogP contribution in [0.1, 0.15) is 24.0 Å². The Morgan fingerprint density at radius 3 is 2.95 bits per heavy atom. The number of benzene rings is 1. The molecule has 1 aromatic carbocycles. The highest BCUT2D eigenvalue weighted by Gasteiger charge is 2.32. The number of halogens is 1. The molecule has 0 aromatic heterocycles. The Balaban J connectivity index is 1.86. The summed E-state index contributed by atoms with van der Waals surface area (Å²) in [7, 11) is 0. The average Bonchev–Trinajstić information content (AvgIpc) is 2.99. The molecule has 5 heteroatoms. The van der Waals surface area contributed by atoms with Crippen LogP contribution in [0.4, 0.5) is 4.39 Å². The van der Waals surface area contributed by atoms with Crippen molar-refractivity contribution >= 4 is 11.8 Å². The van der Waals surface area contributed by atoms with E-state index in [0.717, 1.165) is 12.0 Å². The van der Waals surface area contributed by atoms with Gasteiger partial charge in [-0.05, 0) is 49.5 Å². The van der Waals surface area contributed by atoms with Gasteiger partial charge >= 0.3 is 0 Å². The van der Waals surface area contributed by atoms with Gasteiger partial charge in [-0.25, -0.2) is 4.39 Å². The van der Waals surface area contributed by atoms with Gasteiger partial charge in [0.25, 0.3) is 0 Å². The van der Waals surface area contributed by atoms with Crippen LogP contribution in [0.15, 0.2) is 30.9 Å². The lowest BCUT2D eigenvalue weighted by Gasteiger charge is -2.22. The molecule has 2 rings (SSSR count). The summed E-state index contributed by atoms with van der Waals surface area (Å²) in [5.74, 6) is -0.560. The molecule has 1 aliphatic heterocycles. The Hall–Kier alpha value is -2.17. The van der Waals surface area contributed by atoms with E-state index < -0.39 is 6.04 Å². The zero-order valence-electron chi connectivity index (χ0n) is 12.8. The topological polar surface area (TPSA) is 49.4 Å². The molecule has 0 aliphatic carbocycles. The Morgan fingerprint density at radius 1 is 1.50 bits per heavy atom. The Morgan fingerprint density at radius 2 is 2.27 bits per heavy atom. The number of hydrogen-bond acceptors (Lipinski definition) is 2. The zero-order valence-corrected chi connectivity index (χ0v) is 12.8. The Labute approximate surface area is 130 Å². The summed E-state index contributed by atoms with van der Waals surface area (Å²) < 4.78 is 13.2. The molecule has 118 valence electrons. The van der Waals surface area contributed by atoms with E-state index in [0.29, 0.717) is 31.5 Å². The molecular weight excluding hydrogens is 283 g/mol. The van der Waals surface area contributed by atoms with Gasteiger partial charge in [-0.15, -0.1) is 0 Å². The number of hydrogen-bond donors (Lipinski definition) is 1. The van der Waals surface area contributed by atoms with E-state index in [1.807, 2.05) is 0 Å². The molecule has 22 heavy (non-hydrogen) atoms. The Bertz CT molecular complexity index is 586. The second-order valence-corrected chi connectivity index (χ2v) is 5.52. The number of nitrogens with zero attached hydrogens (tertiary/aromatic N) is 1. The molecule has 0 spiro atoms. The van der Waals surface area contributed by atoms with Crippen LogP contribution in [0.2, 0.25) is 0 Å². The molecule has 1 aromatic rings. The number of likely N-dealkylation sites (tertiary alicyclic amines) is 1. The van der Waals surface area contributed by atoms with Crippen molar-refractivity contribution in [1.29, 1.82) is 0 Å². The van der Waals surface area contributed by atoms with E-state index in [-0.39, 0.29) is 17.6 Å². The highest BCUT2D eigenvalue weighted by atomic mass is 19.1. The lowest BCUT2D eigenvalue weighted by molar-refractivity contribution is -0.135. The first-order chi connectivity index (χ1) is 10.5. The van der Waals surface area contributed by atoms with Gasteiger partial charge in [0.2, 0.25) is 11.8 Å². The van der Waals surface area contributed by atoms with E-state index in [1.54, 1.807) is 24.0 Å². The molecule has 1 aliphatic rings. The van der Waals surface area contributed by atoms with Crippen LogP contribution in [0.25, 0.3) is 0 Å².